The van der Waals surface area contributed by atoms with Crippen molar-refractivity contribution in [3.05, 3.63) is 12.2 Å². The molecule has 0 spiro atoms. The first kappa shape index (κ1) is 30.5. The van der Waals surface area contributed by atoms with Crippen molar-refractivity contribution >= 4 is 11.9 Å². The zero-order chi connectivity index (χ0) is 20.2. The molecule has 0 aliphatic heterocycles. The Kier molecular flexibility index (Phi) is 25.7. The van der Waals surface area contributed by atoms with Crippen LogP contribution in [0, 0.1) is 5.92 Å². The molecule has 0 aromatic rings. The molecule has 28 heavy (non-hydrogen) atoms. The van der Waals surface area contributed by atoms with E-state index in [1.54, 1.807) is 0 Å². The van der Waals surface area contributed by atoms with Crippen LogP contribution < -0.4 is 61.8 Å². The number of rotatable bonds is 19. The third-order valence-corrected chi connectivity index (χ3v) is 4.90. The van der Waals surface area contributed by atoms with Crippen LogP contribution >= 0.6 is 0 Å². The summed E-state index contributed by atoms with van der Waals surface area (Å²) >= 11 is 0. The third kappa shape index (κ3) is 22.6. The van der Waals surface area contributed by atoms with Gasteiger partial charge in [-0.25, -0.2) is 0 Å². The molecule has 0 aromatic heterocycles. The molecule has 0 bridgehead atoms. The minimum atomic E-state index is -1.16. The van der Waals surface area contributed by atoms with Crippen molar-refractivity contribution in [3.8, 4) is 0 Å². The Balaban J connectivity index is 0. The topological polar surface area (TPSA) is 69.2 Å². The molecule has 1 amide bonds. The van der Waals surface area contributed by atoms with E-state index in [-0.39, 0.29) is 63.7 Å². The van der Waals surface area contributed by atoms with Gasteiger partial charge in [-0.15, -0.1) is 0 Å². The molecule has 0 aliphatic carbocycles. The molecule has 0 fully saturated rings. The molecule has 0 aliphatic rings. The van der Waals surface area contributed by atoms with Gasteiger partial charge in [0.15, 0.2) is 0 Å². The Morgan fingerprint density at radius 2 is 1.29 bits per heavy atom. The van der Waals surface area contributed by atoms with Gasteiger partial charge in [0.1, 0.15) is 0 Å². The number of carboxylic acids is 1. The number of carbonyl (C=O) groups is 2. The molecule has 0 aromatic carbocycles. The van der Waals surface area contributed by atoms with E-state index in [9.17, 15) is 14.7 Å². The summed E-state index contributed by atoms with van der Waals surface area (Å²) in [7, 11) is 0. The standard InChI is InChI=1S/C23H43NO3.K/c1-3-4-5-6-7-8-9-10-11-12-13-14-15-16-17-18-19-24-22(25)20-21(2)23(26)27;/h10-11,21H,3-9,12-20H2,1-2H3,(H,24,25)(H,26,27);/q;+1/p-1/b11-10-;. The van der Waals surface area contributed by atoms with Crippen LogP contribution in [0.15, 0.2) is 12.2 Å². The summed E-state index contributed by atoms with van der Waals surface area (Å²) in [5, 5.41) is 13.4. The Morgan fingerprint density at radius 3 is 1.79 bits per heavy atom. The Labute approximate surface area is 216 Å². The van der Waals surface area contributed by atoms with Gasteiger partial charge in [0.25, 0.3) is 0 Å². The van der Waals surface area contributed by atoms with Crippen molar-refractivity contribution in [1.29, 1.82) is 0 Å². The van der Waals surface area contributed by atoms with Crippen molar-refractivity contribution < 1.29 is 66.1 Å². The molecular formula is C23H42KNO3. The Hall–Kier alpha value is 0.316. The van der Waals surface area contributed by atoms with Crippen LogP contribution in [0.3, 0.4) is 0 Å². The quantitative estimate of drug-likeness (QED) is 0.198. The van der Waals surface area contributed by atoms with Gasteiger partial charge in [-0.2, -0.15) is 0 Å². The second-order valence-corrected chi connectivity index (χ2v) is 7.71. The number of nitrogens with one attached hydrogen (secondary N) is 1. The molecule has 4 nitrogen and oxygen atoms in total. The van der Waals surface area contributed by atoms with Crippen molar-refractivity contribution in [2.75, 3.05) is 6.54 Å². The van der Waals surface area contributed by atoms with Gasteiger partial charge in [-0.3, -0.25) is 4.79 Å². The summed E-state index contributed by atoms with van der Waals surface area (Å²) in [6.07, 6.45) is 22.4. The molecule has 1 atom stereocenters. The summed E-state index contributed by atoms with van der Waals surface area (Å²) in [6, 6.07) is 0. The zero-order valence-electron chi connectivity index (χ0n) is 18.8. The summed E-state index contributed by atoms with van der Waals surface area (Å²) in [5.74, 6) is -2.08. The first-order chi connectivity index (χ1) is 13.1. The molecule has 0 radical (unpaired) electrons. The largest absolute Gasteiger partial charge is 1.00 e. The minimum Gasteiger partial charge on any atom is -0.550 e. The van der Waals surface area contributed by atoms with Crippen LogP contribution in [0.1, 0.15) is 110 Å². The minimum absolute atomic E-state index is 0. The number of carbonyl (C=O) groups excluding carboxylic acids is 2. The number of hydrogen-bond acceptors (Lipinski definition) is 3. The molecule has 158 valence electrons. The molecular weight excluding hydrogens is 377 g/mol. The maximum Gasteiger partial charge on any atom is 1.00 e. The number of unbranched alkanes of at least 4 members (excludes halogenated alkanes) is 12. The smallest absolute Gasteiger partial charge is 0.550 e. The fourth-order valence-corrected chi connectivity index (χ4v) is 3.03. The first-order valence-corrected chi connectivity index (χ1v) is 11.2. The first-order valence-electron chi connectivity index (χ1n) is 11.2. The van der Waals surface area contributed by atoms with E-state index >= 15 is 0 Å². The fourth-order valence-electron chi connectivity index (χ4n) is 3.03. The van der Waals surface area contributed by atoms with Crippen LogP contribution in [-0.2, 0) is 9.59 Å². The zero-order valence-corrected chi connectivity index (χ0v) is 21.9. The summed E-state index contributed by atoms with van der Waals surface area (Å²) in [5.41, 5.74) is 0. The van der Waals surface area contributed by atoms with Crippen LogP contribution in [0.5, 0.6) is 0 Å². The van der Waals surface area contributed by atoms with E-state index in [1.807, 2.05) is 0 Å². The van der Waals surface area contributed by atoms with E-state index in [2.05, 4.69) is 24.4 Å². The maximum absolute atomic E-state index is 11.5. The van der Waals surface area contributed by atoms with Crippen LogP contribution in [0.4, 0.5) is 0 Å². The summed E-state index contributed by atoms with van der Waals surface area (Å²) in [4.78, 5) is 22.1. The molecule has 1 unspecified atom stereocenters. The fraction of sp³-hybridized carbons (Fsp3) is 0.826. The second-order valence-electron chi connectivity index (χ2n) is 7.71. The molecule has 1 N–H and O–H groups in total. The number of aliphatic carboxylic acids is 1. The van der Waals surface area contributed by atoms with E-state index < -0.39 is 11.9 Å². The van der Waals surface area contributed by atoms with Gasteiger partial charge >= 0.3 is 51.4 Å². The number of allylic oxidation sites excluding steroid dienone is 2. The van der Waals surface area contributed by atoms with Gasteiger partial charge in [-0.1, -0.05) is 83.8 Å². The summed E-state index contributed by atoms with van der Waals surface area (Å²) < 4.78 is 0. The SMILES string of the molecule is CCCCCCCC/C=C\CCCCCCCCNC(=O)CC(C)C(=O)[O-].[K+]. The second kappa shape index (κ2) is 23.6. The summed E-state index contributed by atoms with van der Waals surface area (Å²) in [6.45, 7) is 4.40. The number of amides is 1. The van der Waals surface area contributed by atoms with Gasteiger partial charge in [0.2, 0.25) is 5.91 Å². The Morgan fingerprint density at radius 1 is 0.821 bits per heavy atom. The van der Waals surface area contributed by atoms with Crippen molar-refractivity contribution in [3.63, 3.8) is 0 Å². The number of carboxylic acid groups (broad SMARTS) is 1. The molecule has 5 heteroatoms. The predicted octanol–water partition coefficient (Wildman–Crippen LogP) is 1.92. The predicted molar refractivity (Wildman–Crippen MR) is 111 cm³/mol. The maximum atomic E-state index is 11.5. The van der Waals surface area contributed by atoms with Gasteiger partial charge in [0, 0.05) is 24.9 Å². The van der Waals surface area contributed by atoms with Gasteiger partial charge < -0.3 is 15.2 Å². The normalized spacial score (nSPS) is 11.9. The van der Waals surface area contributed by atoms with Crippen LogP contribution in [0.25, 0.3) is 0 Å². The van der Waals surface area contributed by atoms with E-state index in [0.29, 0.717) is 6.54 Å². The van der Waals surface area contributed by atoms with Gasteiger partial charge in [-0.05, 0) is 32.1 Å². The Bertz CT molecular complexity index is 399. The monoisotopic (exact) mass is 419 g/mol. The van der Waals surface area contributed by atoms with E-state index in [0.717, 1.165) is 12.8 Å². The van der Waals surface area contributed by atoms with Crippen LogP contribution in [0.2, 0.25) is 0 Å². The average Bonchev–Trinajstić information content (AvgIpc) is 2.64. The van der Waals surface area contributed by atoms with E-state index in [1.165, 1.54) is 84.0 Å². The van der Waals surface area contributed by atoms with Crippen molar-refractivity contribution in [2.24, 2.45) is 5.92 Å². The van der Waals surface area contributed by atoms with Gasteiger partial charge in [0.05, 0.1) is 0 Å². The average molecular weight is 420 g/mol. The van der Waals surface area contributed by atoms with E-state index in [4.69, 9.17) is 0 Å². The van der Waals surface area contributed by atoms with Crippen molar-refractivity contribution in [1.82, 2.24) is 5.32 Å². The number of hydrogen-bond donors (Lipinski definition) is 1. The molecule has 0 saturated heterocycles. The molecule has 0 heterocycles. The third-order valence-electron chi connectivity index (χ3n) is 4.90. The molecule has 0 rings (SSSR count). The molecule has 0 saturated carbocycles. The van der Waals surface area contributed by atoms with Crippen LogP contribution in [-0.4, -0.2) is 18.4 Å². The van der Waals surface area contributed by atoms with Crippen molar-refractivity contribution in [2.45, 2.75) is 110 Å².